The van der Waals surface area contributed by atoms with Gasteiger partial charge in [0.25, 0.3) is 0 Å². The molecule has 3 atom stereocenters. The van der Waals surface area contributed by atoms with Gasteiger partial charge in [0.05, 0.1) is 17.0 Å². The molecule has 0 saturated carbocycles. The van der Waals surface area contributed by atoms with Gasteiger partial charge in [-0.3, -0.25) is 0 Å². The summed E-state index contributed by atoms with van der Waals surface area (Å²) in [5.74, 6) is 0.598. The van der Waals surface area contributed by atoms with Crippen LogP contribution in [0.1, 0.15) is 55.5 Å². The second-order valence-corrected chi connectivity index (χ2v) is 6.27. The lowest BCUT2D eigenvalue weighted by Crippen LogP contribution is -2.14. The number of hydrogen-bond donors (Lipinski definition) is 0. The summed E-state index contributed by atoms with van der Waals surface area (Å²) in [5.41, 5.74) is 2.72. The molecule has 0 aliphatic carbocycles. The lowest BCUT2D eigenvalue weighted by Gasteiger charge is -2.19. The zero-order valence-corrected chi connectivity index (χ0v) is 12.4. The number of ether oxygens (including phenoxy) is 1. The lowest BCUT2D eigenvalue weighted by atomic mass is 9.99. The second kappa shape index (κ2) is 5.53. The normalized spacial score (nSPS) is 26.4. The largest absolute Gasteiger partial charge is 0.374 e. The average molecular weight is 297 g/mol. The zero-order chi connectivity index (χ0) is 12.4. The molecule has 3 unspecified atom stereocenters. The highest BCUT2D eigenvalue weighted by Gasteiger charge is 2.28. The van der Waals surface area contributed by atoms with Crippen LogP contribution in [-0.4, -0.2) is 12.2 Å². The highest BCUT2D eigenvalue weighted by Crippen LogP contribution is 2.36. The Labute approximate surface area is 113 Å². The van der Waals surface area contributed by atoms with Gasteiger partial charge in [-0.1, -0.05) is 54.0 Å². The van der Waals surface area contributed by atoms with E-state index < -0.39 is 0 Å². The van der Waals surface area contributed by atoms with Crippen LogP contribution in [-0.2, 0) is 4.74 Å². The van der Waals surface area contributed by atoms with E-state index in [1.165, 1.54) is 17.5 Å². The highest BCUT2D eigenvalue weighted by molar-refractivity contribution is 9.09. The highest BCUT2D eigenvalue weighted by atomic mass is 79.9. The fourth-order valence-electron chi connectivity index (χ4n) is 2.33. The molecule has 1 aromatic rings. The van der Waals surface area contributed by atoms with Gasteiger partial charge < -0.3 is 4.74 Å². The van der Waals surface area contributed by atoms with E-state index in [1.54, 1.807) is 0 Å². The van der Waals surface area contributed by atoms with Crippen LogP contribution in [0.5, 0.6) is 0 Å². The predicted molar refractivity (Wildman–Crippen MR) is 75.8 cm³/mol. The van der Waals surface area contributed by atoms with Crippen molar-refractivity contribution >= 4 is 15.9 Å². The van der Waals surface area contributed by atoms with Gasteiger partial charge in [-0.2, -0.15) is 0 Å². The van der Waals surface area contributed by atoms with Crippen molar-refractivity contribution in [2.75, 3.05) is 0 Å². The number of alkyl halides is 1. The van der Waals surface area contributed by atoms with Crippen LogP contribution in [0.15, 0.2) is 24.3 Å². The molecular formula is C15H21BrO. The summed E-state index contributed by atoms with van der Waals surface area (Å²) >= 11 is 3.78. The Balaban J connectivity index is 2.06. The lowest BCUT2D eigenvalue weighted by molar-refractivity contribution is 0.0557. The molecule has 94 valence electrons. The summed E-state index contributed by atoms with van der Waals surface area (Å²) in [6.45, 7) is 6.60. The third-order valence-electron chi connectivity index (χ3n) is 3.51. The first-order valence-corrected chi connectivity index (χ1v) is 7.39. The molecule has 1 fully saturated rings. The van der Waals surface area contributed by atoms with Crippen molar-refractivity contribution in [3.05, 3.63) is 35.4 Å². The Bertz CT molecular complexity index is 358. The van der Waals surface area contributed by atoms with E-state index in [1.807, 2.05) is 0 Å². The van der Waals surface area contributed by atoms with Gasteiger partial charge in [-0.15, -0.1) is 0 Å². The minimum absolute atomic E-state index is 0.327. The minimum Gasteiger partial charge on any atom is -0.374 e. The zero-order valence-electron chi connectivity index (χ0n) is 10.8. The van der Waals surface area contributed by atoms with Crippen LogP contribution in [0.4, 0.5) is 0 Å². The van der Waals surface area contributed by atoms with Crippen LogP contribution < -0.4 is 0 Å². The summed E-state index contributed by atoms with van der Waals surface area (Å²) in [5, 5.41) is 0. The SMILES string of the molecule is CC1CCC(C(Br)c2ccc(C(C)C)cc2)O1. The third kappa shape index (κ3) is 3.11. The Hall–Kier alpha value is -0.340. The molecular weight excluding hydrogens is 276 g/mol. The molecule has 1 aliphatic rings. The van der Waals surface area contributed by atoms with Gasteiger partial charge in [0.15, 0.2) is 0 Å². The molecule has 0 amide bonds. The summed E-state index contributed by atoms with van der Waals surface area (Å²) in [6, 6.07) is 8.90. The summed E-state index contributed by atoms with van der Waals surface area (Å²) in [6.07, 6.45) is 3.07. The topological polar surface area (TPSA) is 9.23 Å². The van der Waals surface area contributed by atoms with Crippen LogP contribution in [0.25, 0.3) is 0 Å². The van der Waals surface area contributed by atoms with Crippen LogP contribution >= 0.6 is 15.9 Å². The fourth-order valence-corrected chi connectivity index (χ4v) is 3.02. The first-order chi connectivity index (χ1) is 8.08. The Morgan fingerprint density at radius 1 is 1.12 bits per heavy atom. The van der Waals surface area contributed by atoms with Crippen molar-refractivity contribution in [2.45, 2.75) is 56.6 Å². The van der Waals surface area contributed by atoms with E-state index >= 15 is 0 Å². The number of benzene rings is 1. The van der Waals surface area contributed by atoms with Crippen molar-refractivity contribution in [1.82, 2.24) is 0 Å². The number of halogens is 1. The van der Waals surface area contributed by atoms with E-state index in [4.69, 9.17) is 4.74 Å². The Morgan fingerprint density at radius 2 is 1.71 bits per heavy atom. The first-order valence-electron chi connectivity index (χ1n) is 6.47. The quantitative estimate of drug-likeness (QED) is 0.727. The molecule has 0 radical (unpaired) electrons. The fraction of sp³-hybridized carbons (Fsp3) is 0.600. The maximum Gasteiger partial charge on any atom is 0.0745 e. The van der Waals surface area contributed by atoms with Crippen molar-refractivity contribution in [2.24, 2.45) is 0 Å². The molecule has 17 heavy (non-hydrogen) atoms. The van der Waals surface area contributed by atoms with Crippen molar-refractivity contribution in [1.29, 1.82) is 0 Å². The number of rotatable bonds is 3. The van der Waals surface area contributed by atoms with Gasteiger partial charge in [-0.05, 0) is 36.8 Å². The van der Waals surface area contributed by atoms with Crippen molar-refractivity contribution in [3.8, 4) is 0 Å². The molecule has 1 nitrogen and oxygen atoms in total. The predicted octanol–water partition coefficient (Wildman–Crippen LogP) is 4.81. The van der Waals surface area contributed by atoms with Crippen LogP contribution in [0, 0.1) is 0 Å². The van der Waals surface area contributed by atoms with E-state index in [-0.39, 0.29) is 0 Å². The monoisotopic (exact) mass is 296 g/mol. The molecule has 0 spiro atoms. The van der Waals surface area contributed by atoms with Gasteiger partial charge in [0.2, 0.25) is 0 Å². The maximum atomic E-state index is 5.91. The maximum absolute atomic E-state index is 5.91. The molecule has 1 aliphatic heterocycles. The van der Waals surface area contributed by atoms with E-state index in [9.17, 15) is 0 Å². The standard InChI is InChI=1S/C15H21BrO/c1-10(2)12-5-7-13(8-6-12)15(16)14-9-4-11(3)17-14/h5-8,10-11,14-15H,4,9H2,1-3H3. The van der Waals surface area contributed by atoms with E-state index in [2.05, 4.69) is 61.0 Å². The third-order valence-corrected chi connectivity index (χ3v) is 4.63. The van der Waals surface area contributed by atoms with Crippen molar-refractivity contribution in [3.63, 3.8) is 0 Å². The molecule has 1 saturated heterocycles. The molecule has 1 heterocycles. The van der Waals surface area contributed by atoms with E-state index in [0.29, 0.717) is 23.0 Å². The smallest absolute Gasteiger partial charge is 0.0745 e. The minimum atomic E-state index is 0.327. The van der Waals surface area contributed by atoms with Crippen molar-refractivity contribution < 1.29 is 4.74 Å². The molecule has 0 N–H and O–H groups in total. The molecule has 1 aromatic carbocycles. The Morgan fingerprint density at radius 3 is 2.18 bits per heavy atom. The van der Waals surface area contributed by atoms with Crippen LogP contribution in [0.2, 0.25) is 0 Å². The second-order valence-electron chi connectivity index (χ2n) is 5.29. The molecule has 2 rings (SSSR count). The van der Waals surface area contributed by atoms with Crippen LogP contribution in [0.3, 0.4) is 0 Å². The summed E-state index contributed by atoms with van der Waals surface area (Å²) in [4.78, 5) is 0.327. The summed E-state index contributed by atoms with van der Waals surface area (Å²) in [7, 11) is 0. The van der Waals surface area contributed by atoms with Gasteiger partial charge in [-0.25, -0.2) is 0 Å². The van der Waals surface area contributed by atoms with E-state index in [0.717, 1.165) is 6.42 Å². The number of hydrogen-bond acceptors (Lipinski definition) is 1. The average Bonchev–Trinajstić information content (AvgIpc) is 2.75. The molecule has 0 bridgehead atoms. The Kier molecular flexibility index (Phi) is 4.26. The first kappa shape index (κ1) is 13.1. The van der Waals surface area contributed by atoms with Gasteiger partial charge in [0.1, 0.15) is 0 Å². The van der Waals surface area contributed by atoms with Gasteiger partial charge >= 0.3 is 0 Å². The molecule has 2 heteroatoms. The molecule has 0 aromatic heterocycles. The van der Waals surface area contributed by atoms with Gasteiger partial charge in [0, 0.05) is 0 Å². The summed E-state index contributed by atoms with van der Waals surface area (Å²) < 4.78 is 5.91.